The lowest BCUT2D eigenvalue weighted by Gasteiger charge is -2.08. The molecule has 86 valence electrons. The molecule has 0 saturated carbocycles. The number of halogens is 3. The number of rotatable bonds is 2. The molecule has 0 unspecified atom stereocenters. The van der Waals surface area contributed by atoms with Gasteiger partial charge in [0.1, 0.15) is 5.69 Å². The summed E-state index contributed by atoms with van der Waals surface area (Å²) in [5.74, 6) is -0.424. The Kier molecular flexibility index (Phi) is 2.68. The maximum absolute atomic E-state index is 11.9. The first kappa shape index (κ1) is 11.8. The standard InChI is InChI=1S/C6H7F3N2O3S/c1-3-5(4(2)11-10-3)14-15(12,13)6(7,8)9/h1-2H3,(H,10,11). The van der Waals surface area contributed by atoms with Gasteiger partial charge in [-0.25, -0.2) is 0 Å². The normalized spacial score (nSPS) is 12.9. The van der Waals surface area contributed by atoms with E-state index in [1.807, 2.05) is 0 Å². The molecule has 1 heterocycles. The summed E-state index contributed by atoms with van der Waals surface area (Å²) >= 11 is 0. The zero-order valence-corrected chi connectivity index (χ0v) is 8.53. The van der Waals surface area contributed by atoms with E-state index in [4.69, 9.17) is 0 Å². The van der Waals surface area contributed by atoms with E-state index in [-0.39, 0.29) is 11.4 Å². The van der Waals surface area contributed by atoms with E-state index in [2.05, 4.69) is 14.4 Å². The van der Waals surface area contributed by atoms with Gasteiger partial charge in [-0.05, 0) is 13.8 Å². The number of nitrogens with one attached hydrogen (secondary N) is 1. The zero-order valence-electron chi connectivity index (χ0n) is 7.71. The van der Waals surface area contributed by atoms with Gasteiger partial charge in [0.15, 0.2) is 5.75 Å². The van der Waals surface area contributed by atoms with Crippen LogP contribution in [-0.2, 0) is 10.1 Å². The van der Waals surface area contributed by atoms with Crippen molar-refractivity contribution in [3.8, 4) is 5.75 Å². The van der Waals surface area contributed by atoms with Crippen molar-refractivity contribution >= 4 is 10.1 Å². The third kappa shape index (κ3) is 2.22. The molecule has 5 nitrogen and oxygen atoms in total. The highest BCUT2D eigenvalue weighted by atomic mass is 32.2. The van der Waals surface area contributed by atoms with Crippen LogP contribution in [0, 0.1) is 13.8 Å². The fourth-order valence-corrected chi connectivity index (χ4v) is 1.38. The lowest BCUT2D eigenvalue weighted by molar-refractivity contribution is -0.0500. The summed E-state index contributed by atoms with van der Waals surface area (Å²) in [7, 11) is -5.63. The van der Waals surface area contributed by atoms with Gasteiger partial charge >= 0.3 is 15.6 Å². The molecule has 1 rings (SSSR count). The van der Waals surface area contributed by atoms with Crippen molar-refractivity contribution in [2.75, 3.05) is 0 Å². The average Bonchev–Trinajstić information content (AvgIpc) is 2.33. The highest BCUT2D eigenvalue weighted by molar-refractivity contribution is 7.88. The fraction of sp³-hybridized carbons (Fsp3) is 0.500. The smallest absolute Gasteiger partial charge is 0.372 e. The molecule has 0 radical (unpaired) electrons. The summed E-state index contributed by atoms with van der Waals surface area (Å²) in [6.45, 7) is 2.67. The van der Waals surface area contributed by atoms with Crippen molar-refractivity contribution in [1.29, 1.82) is 0 Å². The average molecular weight is 244 g/mol. The molecule has 0 spiro atoms. The van der Waals surface area contributed by atoms with Crippen LogP contribution in [0.1, 0.15) is 11.4 Å². The molecule has 9 heteroatoms. The summed E-state index contributed by atoms with van der Waals surface area (Å²) in [6, 6.07) is 0. The second kappa shape index (κ2) is 3.40. The number of aryl methyl sites for hydroxylation is 2. The third-order valence-corrected chi connectivity index (χ3v) is 2.49. The Balaban J connectivity index is 3.08. The van der Waals surface area contributed by atoms with Crippen LogP contribution in [0.15, 0.2) is 0 Å². The molecule has 0 aliphatic heterocycles. The third-order valence-electron chi connectivity index (χ3n) is 1.54. The molecule has 0 amide bonds. The van der Waals surface area contributed by atoms with Crippen LogP contribution in [0.2, 0.25) is 0 Å². The summed E-state index contributed by atoms with van der Waals surface area (Å²) in [6.07, 6.45) is 0. The number of aromatic nitrogens is 2. The van der Waals surface area contributed by atoms with Gasteiger partial charge in [-0.1, -0.05) is 0 Å². The lowest BCUT2D eigenvalue weighted by atomic mass is 10.4. The molecule has 15 heavy (non-hydrogen) atoms. The van der Waals surface area contributed by atoms with Gasteiger partial charge in [0.2, 0.25) is 0 Å². The van der Waals surface area contributed by atoms with Crippen molar-refractivity contribution in [2.45, 2.75) is 19.4 Å². The van der Waals surface area contributed by atoms with Gasteiger partial charge in [0, 0.05) is 0 Å². The minimum atomic E-state index is -5.63. The molecule has 0 fully saturated rings. The van der Waals surface area contributed by atoms with Crippen LogP contribution >= 0.6 is 0 Å². The van der Waals surface area contributed by atoms with Crippen LogP contribution in [0.3, 0.4) is 0 Å². The van der Waals surface area contributed by atoms with E-state index in [1.165, 1.54) is 13.8 Å². The quantitative estimate of drug-likeness (QED) is 0.627. The Bertz CT molecular complexity index is 443. The topological polar surface area (TPSA) is 72.0 Å². The molecule has 0 aromatic carbocycles. The molecule has 0 bridgehead atoms. The molecule has 0 aliphatic rings. The van der Waals surface area contributed by atoms with Gasteiger partial charge in [0.25, 0.3) is 0 Å². The zero-order chi connectivity index (χ0) is 11.9. The van der Waals surface area contributed by atoms with E-state index < -0.39 is 21.4 Å². The Labute approximate surface area is 83.4 Å². The second-order valence-electron chi connectivity index (χ2n) is 2.75. The van der Waals surface area contributed by atoms with Gasteiger partial charge in [-0.3, -0.25) is 5.10 Å². The van der Waals surface area contributed by atoms with Gasteiger partial charge in [-0.2, -0.15) is 26.7 Å². The van der Waals surface area contributed by atoms with Crippen LogP contribution in [0.25, 0.3) is 0 Å². The molecule has 0 aliphatic carbocycles. The number of hydrogen-bond acceptors (Lipinski definition) is 4. The van der Waals surface area contributed by atoms with E-state index in [0.29, 0.717) is 0 Å². The highest BCUT2D eigenvalue weighted by Crippen LogP contribution is 2.29. The Morgan fingerprint density at radius 1 is 1.33 bits per heavy atom. The van der Waals surface area contributed by atoms with E-state index in [0.717, 1.165) is 0 Å². The number of aromatic amines is 1. The number of hydrogen-bond donors (Lipinski definition) is 1. The van der Waals surface area contributed by atoms with Crippen LogP contribution < -0.4 is 4.18 Å². The second-order valence-corrected chi connectivity index (χ2v) is 4.28. The number of H-pyrrole nitrogens is 1. The van der Waals surface area contributed by atoms with Crippen molar-refractivity contribution in [2.24, 2.45) is 0 Å². The summed E-state index contributed by atoms with van der Waals surface area (Å²) < 4.78 is 61.0. The van der Waals surface area contributed by atoms with Crippen molar-refractivity contribution in [3.05, 3.63) is 11.4 Å². The Morgan fingerprint density at radius 2 is 1.87 bits per heavy atom. The minimum absolute atomic E-state index is 0.0420. The predicted molar refractivity (Wildman–Crippen MR) is 43.7 cm³/mol. The first-order chi connectivity index (χ1) is 6.65. The first-order valence-corrected chi connectivity index (χ1v) is 5.08. The molecule has 0 saturated heterocycles. The van der Waals surface area contributed by atoms with Crippen molar-refractivity contribution in [3.63, 3.8) is 0 Å². The summed E-state index contributed by atoms with van der Waals surface area (Å²) in [5, 5.41) is 5.80. The van der Waals surface area contributed by atoms with Crippen LogP contribution in [0.4, 0.5) is 13.2 Å². The maximum Gasteiger partial charge on any atom is 0.534 e. The van der Waals surface area contributed by atoms with Gasteiger partial charge < -0.3 is 4.18 Å². The van der Waals surface area contributed by atoms with Crippen molar-refractivity contribution in [1.82, 2.24) is 10.2 Å². The van der Waals surface area contributed by atoms with Gasteiger partial charge in [-0.15, -0.1) is 0 Å². The summed E-state index contributed by atoms with van der Waals surface area (Å²) in [4.78, 5) is 0. The molecular formula is C6H7F3N2O3S. The molecular weight excluding hydrogens is 237 g/mol. The first-order valence-electron chi connectivity index (χ1n) is 3.67. The molecule has 0 atom stereocenters. The highest BCUT2D eigenvalue weighted by Gasteiger charge is 2.49. The lowest BCUT2D eigenvalue weighted by Crippen LogP contribution is -2.28. The molecule has 1 N–H and O–H groups in total. The van der Waals surface area contributed by atoms with E-state index in [1.54, 1.807) is 0 Å². The monoisotopic (exact) mass is 244 g/mol. The van der Waals surface area contributed by atoms with Gasteiger partial charge in [0.05, 0.1) is 5.69 Å². The Hall–Kier alpha value is -1.25. The van der Waals surface area contributed by atoms with E-state index in [9.17, 15) is 21.6 Å². The molecule has 1 aromatic heterocycles. The van der Waals surface area contributed by atoms with Crippen LogP contribution in [-0.4, -0.2) is 24.1 Å². The van der Waals surface area contributed by atoms with E-state index >= 15 is 0 Å². The fourth-order valence-electron chi connectivity index (χ4n) is 0.820. The SMILES string of the molecule is Cc1n[nH]c(C)c1OS(=O)(=O)C(F)(F)F. The number of nitrogens with zero attached hydrogens (tertiary/aromatic N) is 1. The van der Waals surface area contributed by atoms with Crippen LogP contribution in [0.5, 0.6) is 5.75 Å². The maximum atomic E-state index is 11.9. The molecule has 1 aromatic rings. The Morgan fingerprint density at radius 3 is 2.20 bits per heavy atom. The summed E-state index contributed by atoms with van der Waals surface area (Å²) in [5.41, 5.74) is -5.29. The number of alkyl halides is 3. The van der Waals surface area contributed by atoms with Crippen molar-refractivity contribution < 1.29 is 25.8 Å². The minimum Gasteiger partial charge on any atom is -0.372 e. The largest absolute Gasteiger partial charge is 0.534 e. The predicted octanol–water partition coefficient (Wildman–Crippen LogP) is 1.25.